The molecule has 1 atom stereocenters. The van der Waals surface area contributed by atoms with E-state index in [0.29, 0.717) is 23.6 Å². The van der Waals surface area contributed by atoms with Gasteiger partial charge in [0.15, 0.2) is 5.82 Å². The lowest BCUT2D eigenvalue weighted by atomic mass is 9.97. The second-order valence-electron chi connectivity index (χ2n) is 6.69. The number of nitrogen functional groups attached to an aromatic ring is 1. The Kier molecular flexibility index (Phi) is 4.05. The van der Waals surface area contributed by atoms with Crippen LogP contribution in [0.5, 0.6) is 0 Å². The molecule has 134 valence electrons. The van der Waals surface area contributed by atoms with Crippen molar-refractivity contribution in [2.24, 2.45) is 5.73 Å². The number of benzene rings is 2. The average molecular weight is 356 g/mol. The third-order valence-corrected chi connectivity index (χ3v) is 4.84. The summed E-state index contributed by atoms with van der Waals surface area (Å²) in [6.45, 7) is 2.06. The monoisotopic (exact) mass is 356 g/mol. The molecule has 0 radical (unpaired) electrons. The number of fused-ring (bicyclic) bond motifs is 1. The first kappa shape index (κ1) is 16.7. The molecule has 0 amide bonds. The third kappa shape index (κ3) is 2.89. The smallest absolute Gasteiger partial charge is 0.151 e. The molecule has 1 aliphatic rings. The van der Waals surface area contributed by atoms with E-state index < -0.39 is 0 Å². The molecule has 0 saturated heterocycles. The van der Waals surface area contributed by atoms with Crippen molar-refractivity contribution >= 4 is 17.5 Å². The largest absolute Gasteiger partial charge is 0.383 e. The van der Waals surface area contributed by atoms with E-state index in [1.165, 1.54) is 10.2 Å². The van der Waals surface area contributed by atoms with Crippen LogP contribution in [0.4, 0.5) is 11.6 Å². The van der Waals surface area contributed by atoms with Crippen LogP contribution in [0.25, 0.3) is 5.82 Å². The third-order valence-electron chi connectivity index (χ3n) is 4.84. The summed E-state index contributed by atoms with van der Waals surface area (Å²) in [6.07, 6.45) is 0.630. The highest BCUT2D eigenvalue weighted by Crippen LogP contribution is 2.38. The Morgan fingerprint density at radius 2 is 1.81 bits per heavy atom. The number of rotatable bonds is 3. The van der Waals surface area contributed by atoms with Crippen molar-refractivity contribution in [3.05, 3.63) is 82.4 Å². The molecule has 0 bridgehead atoms. The number of hydrogen-bond acceptors (Lipinski definition) is 5. The van der Waals surface area contributed by atoms with Gasteiger partial charge in [0.05, 0.1) is 11.6 Å². The average Bonchev–Trinajstić information content (AvgIpc) is 3.00. The van der Waals surface area contributed by atoms with E-state index in [2.05, 4.69) is 47.7 Å². The first-order valence-electron chi connectivity index (χ1n) is 8.73. The van der Waals surface area contributed by atoms with Crippen LogP contribution in [-0.2, 0) is 6.42 Å². The summed E-state index contributed by atoms with van der Waals surface area (Å²) < 4.78 is 1.54. The van der Waals surface area contributed by atoms with E-state index in [1.807, 2.05) is 30.3 Å². The standard InChI is InChI=1S/C21H20N6/c1-13-7-9-14(10-8-13)11-16-19(23)26-27-20(24)17(12-22)18(25-21(16)27)15-5-3-2-4-6-15/h2-10,18,25H,11,24H2,1H3,(H2,23,26). The highest BCUT2D eigenvalue weighted by atomic mass is 15.4. The molecule has 0 aliphatic carbocycles. The molecule has 2 aromatic carbocycles. The first-order valence-corrected chi connectivity index (χ1v) is 8.73. The van der Waals surface area contributed by atoms with Gasteiger partial charge in [0.1, 0.15) is 17.7 Å². The number of aryl methyl sites for hydroxylation is 1. The fourth-order valence-corrected chi connectivity index (χ4v) is 3.36. The van der Waals surface area contributed by atoms with Gasteiger partial charge in [-0.25, -0.2) is 0 Å². The van der Waals surface area contributed by atoms with Crippen molar-refractivity contribution < 1.29 is 0 Å². The predicted octanol–water partition coefficient (Wildman–Crippen LogP) is 3.18. The number of nitriles is 1. The molecular formula is C21H20N6. The van der Waals surface area contributed by atoms with Crippen LogP contribution in [-0.4, -0.2) is 9.78 Å². The number of nitrogens with one attached hydrogen (secondary N) is 1. The molecule has 1 aliphatic heterocycles. The molecule has 3 aromatic rings. The Hall–Kier alpha value is -3.72. The molecule has 5 N–H and O–H groups in total. The lowest BCUT2D eigenvalue weighted by molar-refractivity contribution is 0.799. The summed E-state index contributed by atoms with van der Waals surface area (Å²) in [4.78, 5) is 0. The van der Waals surface area contributed by atoms with E-state index in [-0.39, 0.29) is 6.04 Å². The number of aromatic nitrogens is 2. The van der Waals surface area contributed by atoms with E-state index in [1.54, 1.807) is 0 Å². The zero-order valence-corrected chi connectivity index (χ0v) is 15.0. The van der Waals surface area contributed by atoms with E-state index in [9.17, 15) is 5.26 Å². The Labute approximate surface area is 157 Å². The van der Waals surface area contributed by atoms with Gasteiger partial charge in [0.25, 0.3) is 0 Å². The van der Waals surface area contributed by atoms with Crippen molar-refractivity contribution in [2.75, 3.05) is 11.1 Å². The zero-order chi connectivity index (χ0) is 19.0. The molecule has 0 spiro atoms. The Morgan fingerprint density at radius 1 is 1.11 bits per heavy atom. The zero-order valence-electron chi connectivity index (χ0n) is 15.0. The summed E-state index contributed by atoms with van der Waals surface area (Å²) >= 11 is 0. The highest BCUT2D eigenvalue weighted by Gasteiger charge is 2.31. The number of nitrogens with zero attached hydrogens (tertiary/aromatic N) is 3. The second kappa shape index (κ2) is 6.54. The maximum Gasteiger partial charge on any atom is 0.151 e. The van der Waals surface area contributed by atoms with Crippen molar-refractivity contribution in [1.82, 2.24) is 9.78 Å². The first-order chi connectivity index (χ1) is 13.1. The van der Waals surface area contributed by atoms with Crippen LogP contribution in [0.1, 0.15) is 28.3 Å². The van der Waals surface area contributed by atoms with Gasteiger partial charge in [-0.05, 0) is 18.1 Å². The topological polar surface area (TPSA) is 106 Å². The van der Waals surface area contributed by atoms with Crippen LogP contribution < -0.4 is 16.8 Å². The van der Waals surface area contributed by atoms with Crippen LogP contribution >= 0.6 is 0 Å². The SMILES string of the molecule is Cc1ccc(Cc2c(N)nn3c2NC(c2ccccc2)C(C#N)=C3N)cc1. The Balaban J connectivity index is 1.79. The van der Waals surface area contributed by atoms with Gasteiger partial charge in [0.2, 0.25) is 0 Å². The summed E-state index contributed by atoms with van der Waals surface area (Å²) in [5.41, 5.74) is 17.1. The number of anilines is 2. The van der Waals surface area contributed by atoms with E-state index >= 15 is 0 Å². The van der Waals surface area contributed by atoms with E-state index in [0.717, 1.165) is 22.5 Å². The Morgan fingerprint density at radius 3 is 2.48 bits per heavy atom. The normalized spacial score (nSPS) is 15.8. The van der Waals surface area contributed by atoms with E-state index in [4.69, 9.17) is 11.5 Å². The van der Waals surface area contributed by atoms with Crippen molar-refractivity contribution in [3.63, 3.8) is 0 Å². The maximum atomic E-state index is 9.66. The van der Waals surface area contributed by atoms with Gasteiger partial charge in [-0.3, -0.25) is 0 Å². The van der Waals surface area contributed by atoms with Crippen molar-refractivity contribution in [2.45, 2.75) is 19.4 Å². The lowest BCUT2D eigenvalue weighted by Gasteiger charge is -2.27. The minimum absolute atomic E-state index is 0.307. The molecule has 2 heterocycles. The molecule has 27 heavy (non-hydrogen) atoms. The molecule has 4 rings (SSSR count). The van der Waals surface area contributed by atoms with Gasteiger partial charge in [-0.2, -0.15) is 9.94 Å². The van der Waals surface area contributed by atoms with Crippen LogP contribution in [0.15, 0.2) is 60.2 Å². The van der Waals surface area contributed by atoms with Crippen LogP contribution in [0, 0.1) is 18.3 Å². The summed E-state index contributed by atoms with van der Waals surface area (Å²) in [7, 11) is 0. The van der Waals surface area contributed by atoms with Crippen LogP contribution in [0.3, 0.4) is 0 Å². The second-order valence-corrected chi connectivity index (χ2v) is 6.69. The summed E-state index contributed by atoms with van der Waals surface area (Å²) in [6, 6.07) is 19.9. The number of hydrogen-bond donors (Lipinski definition) is 3. The molecule has 0 fully saturated rings. The fourth-order valence-electron chi connectivity index (χ4n) is 3.36. The van der Waals surface area contributed by atoms with Gasteiger partial charge in [-0.15, -0.1) is 5.10 Å². The van der Waals surface area contributed by atoms with Crippen LogP contribution in [0.2, 0.25) is 0 Å². The quantitative estimate of drug-likeness (QED) is 0.668. The highest BCUT2D eigenvalue weighted by molar-refractivity contribution is 5.73. The van der Waals surface area contributed by atoms with Gasteiger partial charge in [0, 0.05) is 12.0 Å². The summed E-state index contributed by atoms with van der Waals surface area (Å²) in [5.74, 6) is 1.45. The molecule has 1 aromatic heterocycles. The molecular weight excluding hydrogens is 336 g/mol. The lowest BCUT2D eigenvalue weighted by Crippen LogP contribution is -2.27. The fraction of sp³-hybridized carbons (Fsp3) is 0.143. The van der Waals surface area contributed by atoms with Crippen molar-refractivity contribution in [1.29, 1.82) is 5.26 Å². The molecule has 1 unspecified atom stereocenters. The molecule has 6 heteroatoms. The molecule has 6 nitrogen and oxygen atoms in total. The summed E-state index contributed by atoms with van der Waals surface area (Å²) in [5, 5.41) is 17.5. The molecule has 0 saturated carbocycles. The Bertz CT molecular complexity index is 1050. The number of nitrogens with two attached hydrogens (primary N) is 2. The maximum absolute atomic E-state index is 9.66. The predicted molar refractivity (Wildman–Crippen MR) is 106 cm³/mol. The minimum atomic E-state index is -0.337. The minimum Gasteiger partial charge on any atom is -0.383 e. The van der Waals surface area contributed by atoms with Gasteiger partial charge < -0.3 is 16.8 Å². The van der Waals surface area contributed by atoms with Gasteiger partial charge >= 0.3 is 0 Å². The van der Waals surface area contributed by atoms with Crippen molar-refractivity contribution in [3.8, 4) is 6.07 Å². The van der Waals surface area contributed by atoms with Gasteiger partial charge in [-0.1, -0.05) is 60.2 Å².